The van der Waals surface area contributed by atoms with Gasteiger partial charge >= 0.3 is 0 Å². The van der Waals surface area contributed by atoms with Gasteiger partial charge in [-0.1, -0.05) is 0 Å². The zero-order valence-corrected chi connectivity index (χ0v) is 9.39. The molecule has 0 aromatic carbocycles. The van der Waals surface area contributed by atoms with Gasteiger partial charge in [-0.3, -0.25) is 0 Å². The Morgan fingerprint density at radius 2 is 2.50 bits per heavy atom. The molecule has 1 aromatic rings. The standard InChI is InChI=1S/C7H11BrN2OS/c1-5(3-11)10(2)7-9-6(8)4-12-7/h4-5,11H,3H2,1-2H3. The van der Waals surface area contributed by atoms with Gasteiger partial charge in [0.2, 0.25) is 0 Å². The predicted octanol–water partition coefficient (Wildman–Crippen LogP) is 1.72. The quantitative estimate of drug-likeness (QED) is 0.888. The molecular formula is C7H11BrN2OS. The normalized spacial score (nSPS) is 13.0. The Bertz CT molecular complexity index is 253. The van der Waals surface area contributed by atoms with E-state index in [1.165, 1.54) is 0 Å². The number of anilines is 1. The van der Waals surface area contributed by atoms with Crippen molar-refractivity contribution in [3.05, 3.63) is 9.98 Å². The lowest BCUT2D eigenvalue weighted by Crippen LogP contribution is -2.31. The van der Waals surface area contributed by atoms with E-state index in [1.807, 2.05) is 24.3 Å². The van der Waals surface area contributed by atoms with Crippen LogP contribution in [0.1, 0.15) is 6.92 Å². The highest BCUT2D eigenvalue weighted by atomic mass is 79.9. The van der Waals surface area contributed by atoms with Crippen LogP contribution >= 0.6 is 27.3 Å². The third-order valence-electron chi connectivity index (χ3n) is 1.69. The van der Waals surface area contributed by atoms with Crippen LogP contribution < -0.4 is 4.90 Å². The Morgan fingerprint density at radius 1 is 1.83 bits per heavy atom. The van der Waals surface area contributed by atoms with Crippen molar-refractivity contribution in [2.75, 3.05) is 18.6 Å². The minimum Gasteiger partial charge on any atom is -0.394 e. The maximum atomic E-state index is 8.90. The van der Waals surface area contributed by atoms with Crippen LogP contribution in [-0.4, -0.2) is 29.8 Å². The van der Waals surface area contributed by atoms with Crippen LogP contribution in [0, 0.1) is 0 Å². The fourth-order valence-electron chi connectivity index (χ4n) is 0.718. The van der Waals surface area contributed by atoms with E-state index < -0.39 is 0 Å². The van der Waals surface area contributed by atoms with Crippen molar-refractivity contribution in [2.24, 2.45) is 0 Å². The molecule has 0 aliphatic rings. The minimum atomic E-state index is 0.114. The number of rotatable bonds is 3. The molecular weight excluding hydrogens is 240 g/mol. The average molecular weight is 251 g/mol. The van der Waals surface area contributed by atoms with Crippen molar-refractivity contribution in [3.63, 3.8) is 0 Å². The third kappa shape index (κ3) is 2.18. The number of hydrogen-bond donors (Lipinski definition) is 1. The van der Waals surface area contributed by atoms with Crippen LogP contribution in [0.2, 0.25) is 0 Å². The van der Waals surface area contributed by atoms with Gasteiger partial charge in [0.25, 0.3) is 0 Å². The number of likely N-dealkylation sites (N-methyl/N-ethyl adjacent to an activating group) is 1. The van der Waals surface area contributed by atoms with E-state index in [9.17, 15) is 0 Å². The highest BCUT2D eigenvalue weighted by Gasteiger charge is 2.11. The Kier molecular flexibility index (Phi) is 3.49. The molecule has 1 aromatic heterocycles. The molecule has 1 heterocycles. The maximum Gasteiger partial charge on any atom is 0.186 e. The molecule has 0 fully saturated rings. The summed E-state index contributed by atoms with van der Waals surface area (Å²) in [5.74, 6) is 0. The molecule has 1 unspecified atom stereocenters. The number of aliphatic hydroxyl groups excluding tert-OH is 1. The second-order valence-electron chi connectivity index (χ2n) is 2.60. The smallest absolute Gasteiger partial charge is 0.186 e. The lowest BCUT2D eigenvalue weighted by Gasteiger charge is -2.21. The van der Waals surface area contributed by atoms with Gasteiger partial charge in [-0.25, -0.2) is 4.98 Å². The third-order valence-corrected chi connectivity index (χ3v) is 3.33. The molecule has 0 aliphatic heterocycles. The van der Waals surface area contributed by atoms with Gasteiger partial charge in [0.1, 0.15) is 4.60 Å². The molecule has 68 valence electrons. The van der Waals surface area contributed by atoms with Crippen LogP contribution in [-0.2, 0) is 0 Å². The highest BCUT2D eigenvalue weighted by molar-refractivity contribution is 9.10. The number of aliphatic hydroxyl groups is 1. The summed E-state index contributed by atoms with van der Waals surface area (Å²) in [5, 5.41) is 11.7. The molecule has 0 saturated heterocycles. The first-order valence-electron chi connectivity index (χ1n) is 3.60. The van der Waals surface area contributed by atoms with Crippen LogP contribution in [0.5, 0.6) is 0 Å². The zero-order valence-electron chi connectivity index (χ0n) is 6.99. The van der Waals surface area contributed by atoms with Crippen molar-refractivity contribution < 1.29 is 5.11 Å². The molecule has 1 rings (SSSR count). The highest BCUT2D eigenvalue weighted by Crippen LogP contribution is 2.23. The van der Waals surface area contributed by atoms with Crippen LogP contribution in [0.3, 0.4) is 0 Å². The monoisotopic (exact) mass is 250 g/mol. The summed E-state index contributed by atoms with van der Waals surface area (Å²) >= 11 is 4.84. The summed E-state index contributed by atoms with van der Waals surface area (Å²) in [6.45, 7) is 2.10. The lowest BCUT2D eigenvalue weighted by molar-refractivity contribution is 0.270. The summed E-state index contributed by atoms with van der Waals surface area (Å²) < 4.78 is 0.847. The Balaban J connectivity index is 2.70. The molecule has 12 heavy (non-hydrogen) atoms. The molecule has 1 atom stereocenters. The first-order chi connectivity index (χ1) is 5.65. The number of hydrogen-bond acceptors (Lipinski definition) is 4. The summed E-state index contributed by atoms with van der Waals surface area (Å²) in [6, 6.07) is 0.114. The topological polar surface area (TPSA) is 36.4 Å². The van der Waals surface area contributed by atoms with Gasteiger partial charge in [-0.2, -0.15) is 0 Å². The minimum absolute atomic E-state index is 0.114. The van der Waals surface area contributed by atoms with E-state index in [0.717, 1.165) is 9.73 Å². The Hall–Kier alpha value is -0.130. The number of aromatic nitrogens is 1. The largest absolute Gasteiger partial charge is 0.394 e. The van der Waals surface area contributed by atoms with Gasteiger partial charge in [-0.15, -0.1) is 11.3 Å². The van der Waals surface area contributed by atoms with E-state index >= 15 is 0 Å². The molecule has 0 radical (unpaired) electrons. The van der Waals surface area contributed by atoms with E-state index in [-0.39, 0.29) is 12.6 Å². The van der Waals surface area contributed by atoms with Gasteiger partial charge in [0, 0.05) is 12.4 Å². The second kappa shape index (κ2) is 4.20. The Labute approximate surface area is 84.2 Å². The van der Waals surface area contributed by atoms with Gasteiger partial charge in [0.05, 0.1) is 12.6 Å². The SMILES string of the molecule is CC(CO)N(C)c1nc(Br)cs1. The summed E-state index contributed by atoms with van der Waals surface area (Å²) in [4.78, 5) is 6.18. The lowest BCUT2D eigenvalue weighted by atomic mass is 10.3. The number of thiazole rings is 1. The molecule has 5 heteroatoms. The summed E-state index contributed by atoms with van der Waals surface area (Å²) in [6.07, 6.45) is 0. The molecule has 0 aliphatic carbocycles. The molecule has 1 N–H and O–H groups in total. The predicted molar refractivity (Wildman–Crippen MR) is 54.8 cm³/mol. The molecule has 0 bridgehead atoms. The van der Waals surface area contributed by atoms with E-state index in [4.69, 9.17) is 5.11 Å². The van der Waals surface area contributed by atoms with E-state index in [0.29, 0.717) is 0 Å². The molecule has 3 nitrogen and oxygen atoms in total. The van der Waals surface area contributed by atoms with Crippen LogP contribution in [0.25, 0.3) is 0 Å². The van der Waals surface area contributed by atoms with Gasteiger partial charge in [0.15, 0.2) is 5.13 Å². The first-order valence-corrected chi connectivity index (χ1v) is 5.27. The fourth-order valence-corrected chi connectivity index (χ4v) is 2.04. The van der Waals surface area contributed by atoms with Gasteiger partial charge < -0.3 is 10.0 Å². The van der Waals surface area contributed by atoms with Crippen molar-refractivity contribution in [1.29, 1.82) is 0 Å². The van der Waals surface area contributed by atoms with Crippen molar-refractivity contribution in [3.8, 4) is 0 Å². The second-order valence-corrected chi connectivity index (χ2v) is 4.24. The fraction of sp³-hybridized carbons (Fsp3) is 0.571. The zero-order chi connectivity index (χ0) is 9.14. The van der Waals surface area contributed by atoms with E-state index in [2.05, 4.69) is 20.9 Å². The Morgan fingerprint density at radius 3 is 2.92 bits per heavy atom. The van der Waals surface area contributed by atoms with Crippen molar-refractivity contribution in [1.82, 2.24) is 4.98 Å². The summed E-state index contributed by atoms with van der Waals surface area (Å²) in [7, 11) is 1.92. The van der Waals surface area contributed by atoms with Crippen LogP contribution in [0.4, 0.5) is 5.13 Å². The van der Waals surface area contributed by atoms with Gasteiger partial charge in [-0.05, 0) is 22.9 Å². The average Bonchev–Trinajstić information content (AvgIpc) is 2.49. The number of nitrogens with zero attached hydrogens (tertiary/aromatic N) is 2. The van der Waals surface area contributed by atoms with Crippen LogP contribution in [0.15, 0.2) is 9.98 Å². The molecule has 0 amide bonds. The summed E-state index contributed by atoms with van der Waals surface area (Å²) in [5.41, 5.74) is 0. The van der Waals surface area contributed by atoms with E-state index in [1.54, 1.807) is 11.3 Å². The molecule has 0 spiro atoms. The number of halogens is 1. The van der Waals surface area contributed by atoms with Crippen molar-refractivity contribution in [2.45, 2.75) is 13.0 Å². The molecule has 0 saturated carbocycles. The first kappa shape index (κ1) is 9.95. The maximum absolute atomic E-state index is 8.90. The van der Waals surface area contributed by atoms with Crippen molar-refractivity contribution >= 4 is 32.4 Å².